The van der Waals surface area contributed by atoms with Gasteiger partial charge in [-0.1, -0.05) is 37.3 Å². The van der Waals surface area contributed by atoms with E-state index in [1.54, 1.807) is 0 Å². The third-order valence-corrected chi connectivity index (χ3v) is 3.35. The number of nitrogens with zero attached hydrogens (tertiary/aromatic N) is 2. The standard InChI is InChI=1S/C15H19N3OS/c1-2-7-18(8-9-19)15-12(14(16)20)10-11-5-3-4-6-13(11)17-15/h3-6,10,19H,2,7-9H2,1H3,(H2,16,20). The maximum absolute atomic E-state index is 9.23. The summed E-state index contributed by atoms with van der Waals surface area (Å²) in [6, 6.07) is 9.84. The van der Waals surface area contributed by atoms with Crippen LogP contribution < -0.4 is 10.6 Å². The Hall–Kier alpha value is -1.72. The van der Waals surface area contributed by atoms with E-state index in [-0.39, 0.29) is 6.61 Å². The predicted molar refractivity (Wildman–Crippen MR) is 87.2 cm³/mol. The number of pyridine rings is 1. The van der Waals surface area contributed by atoms with E-state index in [4.69, 9.17) is 18.0 Å². The molecule has 4 nitrogen and oxygen atoms in total. The number of anilines is 1. The zero-order valence-corrected chi connectivity index (χ0v) is 12.4. The number of fused-ring (bicyclic) bond motifs is 1. The van der Waals surface area contributed by atoms with Crippen molar-refractivity contribution >= 4 is 33.9 Å². The van der Waals surface area contributed by atoms with Crippen LogP contribution in [0, 0.1) is 0 Å². The SMILES string of the molecule is CCCN(CCO)c1nc2ccccc2cc1C(N)=S. The zero-order valence-electron chi connectivity index (χ0n) is 11.5. The van der Waals surface area contributed by atoms with Crippen LogP contribution in [0.25, 0.3) is 10.9 Å². The quantitative estimate of drug-likeness (QED) is 0.797. The molecule has 2 aromatic rings. The number of hydrogen-bond acceptors (Lipinski definition) is 4. The number of para-hydroxylation sites is 1. The van der Waals surface area contributed by atoms with Gasteiger partial charge in [-0.25, -0.2) is 4.98 Å². The van der Waals surface area contributed by atoms with E-state index in [9.17, 15) is 5.11 Å². The van der Waals surface area contributed by atoms with Gasteiger partial charge < -0.3 is 15.7 Å². The highest BCUT2D eigenvalue weighted by atomic mass is 32.1. The first-order chi connectivity index (χ1) is 9.67. The molecule has 1 heterocycles. The molecule has 1 aromatic heterocycles. The van der Waals surface area contributed by atoms with Crippen LogP contribution in [0.3, 0.4) is 0 Å². The van der Waals surface area contributed by atoms with Gasteiger partial charge in [0.2, 0.25) is 0 Å². The number of aromatic nitrogens is 1. The molecule has 0 radical (unpaired) electrons. The van der Waals surface area contributed by atoms with E-state index in [0.29, 0.717) is 11.5 Å². The Morgan fingerprint density at radius 1 is 1.35 bits per heavy atom. The van der Waals surface area contributed by atoms with Crippen molar-refractivity contribution in [3.05, 3.63) is 35.9 Å². The summed E-state index contributed by atoms with van der Waals surface area (Å²) in [5.41, 5.74) is 7.51. The smallest absolute Gasteiger partial charge is 0.139 e. The van der Waals surface area contributed by atoms with E-state index in [2.05, 4.69) is 11.9 Å². The molecular weight excluding hydrogens is 270 g/mol. The van der Waals surface area contributed by atoms with Gasteiger partial charge in [-0.05, 0) is 18.6 Å². The summed E-state index contributed by atoms with van der Waals surface area (Å²) < 4.78 is 0. The average molecular weight is 289 g/mol. The number of aliphatic hydroxyl groups excluding tert-OH is 1. The molecule has 0 saturated heterocycles. The monoisotopic (exact) mass is 289 g/mol. The number of benzene rings is 1. The van der Waals surface area contributed by atoms with Crippen molar-refractivity contribution in [3.63, 3.8) is 0 Å². The first kappa shape index (κ1) is 14.7. The van der Waals surface area contributed by atoms with Crippen molar-refractivity contribution in [2.45, 2.75) is 13.3 Å². The molecule has 20 heavy (non-hydrogen) atoms. The second-order valence-corrected chi connectivity index (χ2v) is 5.07. The highest BCUT2D eigenvalue weighted by Crippen LogP contribution is 2.23. The lowest BCUT2D eigenvalue weighted by Gasteiger charge is -2.25. The molecular formula is C15H19N3OS. The van der Waals surface area contributed by atoms with Gasteiger partial charge in [-0.15, -0.1) is 0 Å². The molecule has 106 valence electrons. The third kappa shape index (κ3) is 3.05. The van der Waals surface area contributed by atoms with Crippen molar-refractivity contribution in [1.29, 1.82) is 0 Å². The van der Waals surface area contributed by atoms with E-state index < -0.39 is 0 Å². The molecule has 2 rings (SSSR count). The molecule has 0 amide bonds. The van der Waals surface area contributed by atoms with Crippen LogP contribution in [-0.4, -0.2) is 34.8 Å². The topological polar surface area (TPSA) is 62.4 Å². The van der Waals surface area contributed by atoms with Crippen LogP contribution >= 0.6 is 12.2 Å². The second-order valence-electron chi connectivity index (χ2n) is 4.63. The first-order valence-electron chi connectivity index (χ1n) is 6.72. The molecule has 0 spiro atoms. The molecule has 0 unspecified atom stereocenters. The number of aliphatic hydroxyl groups is 1. The molecule has 0 aliphatic carbocycles. The minimum atomic E-state index is 0.0747. The summed E-state index contributed by atoms with van der Waals surface area (Å²) in [6.45, 7) is 3.49. The average Bonchev–Trinajstić information content (AvgIpc) is 2.45. The Kier molecular flexibility index (Phi) is 4.87. The molecule has 1 aromatic carbocycles. The fourth-order valence-electron chi connectivity index (χ4n) is 2.24. The van der Waals surface area contributed by atoms with Gasteiger partial charge >= 0.3 is 0 Å². The Morgan fingerprint density at radius 2 is 2.10 bits per heavy atom. The Morgan fingerprint density at radius 3 is 2.75 bits per heavy atom. The van der Waals surface area contributed by atoms with Crippen molar-refractivity contribution < 1.29 is 5.11 Å². The summed E-state index contributed by atoms with van der Waals surface area (Å²) in [4.78, 5) is 7.04. The lowest BCUT2D eigenvalue weighted by Crippen LogP contribution is -2.30. The fourth-order valence-corrected chi connectivity index (χ4v) is 2.39. The number of hydrogen-bond donors (Lipinski definition) is 2. The van der Waals surface area contributed by atoms with Crippen molar-refractivity contribution in [2.24, 2.45) is 5.73 Å². The maximum atomic E-state index is 9.23. The third-order valence-electron chi connectivity index (χ3n) is 3.13. The Bertz CT molecular complexity index is 609. The summed E-state index contributed by atoms with van der Waals surface area (Å²) >= 11 is 5.15. The summed E-state index contributed by atoms with van der Waals surface area (Å²) in [6.07, 6.45) is 0.964. The van der Waals surface area contributed by atoms with Gasteiger partial charge in [-0.2, -0.15) is 0 Å². The number of thiocarbonyl (C=S) groups is 1. The minimum Gasteiger partial charge on any atom is -0.395 e. The highest BCUT2D eigenvalue weighted by molar-refractivity contribution is 7.80. The highest BCUT2D eigenvalue weighted by Gasteiger charge is 2.15. The molecule has 0 saturated carbocycles. The van der Waals surface area contributed by atoms with E-state index >= 15 is 0 Å². The van der Waals surface area contributed by atoms with Crippen molar-refractivity contribution in [2.75, 3.05) is 24.6 Å². The molecule has 3 N–H and O–H groups in total. The lowest BCUT2D eigenvalue weighted by molar-refractivity contribution is 0.301. The molecule has 0 aliphatic rings. The fraction of sp³-hybridized carbons (Fsp3) is 0.333. The lowest BCUT2D eigenvalue weighted by atomic mass is 10.1. The van der Waals surface area contributed by atoms with Gasteiger partial charge in [0.25, 0.3) is 0 Å². The molecule has 0 fully saturated rings. The molecule has 0 atom stereocenters. The van der Waals surface area contributed by atoms with Gasteiger partial charge in [0, 0.05) is 18.5 Å². The van der Waals surface area contributed by atoms with Gasteiger partial charge in [0.15, 0.2) is 0 Å². The van der Waals surface area contributed by atoms with Crippen LogP contribution in [0.2, 0.25) is 0 Å². The van der Waals surface area contributed by atoms with E-state index in [1.165, 1.54) is 0 Å². The van der Waals surface area contributed by atoms with Crippen LogP contribution in [0.4, 0.5) is 5.82 Å². The summed E-state index contributed by atoms with van der Waals surface area (Å²) in [5, 5.41) is 10.2. The molecule has 5 heteroatoms. The minimum absolute atomic E-state index is 0.0747. The number of nitrogens with two attached hydrogens (primary N) is 1. The first-order valence-corrected chi connectivity index (χ1v) is 7.13. The van der Waals surface area contributed by atoms with Gasteiger partial charge in [0.05, 0.1) is 17.7 Å². The van der Waals surface area contributed by atoms with E-state index in [0.717, 1.165) is 35.2 Å². The molecule has 0 aliphatic heterocycles. The Balaban J connectivity index is 2.58. The summed E-state index contributed by atoms with van der Waals surface area (Å²) in [7, 11) is 0. The largest absolute Gasteiger partial charge is 0.395 e. The van der Waals surface area contributed by atoms with Crippen LogP contribution in [0.15, 0.2) is 30.3 Å². The van der Waals surface area contributed by atoms with Gasteiger partial charge in [-0.3, -0.25) is 0 Å². The zero-order chi connectivity index (χ0) is 14.5. The van der Waals surface area contributed by atoms with Crippen LogP contribution in [0.5, 0.6) is 0 Å². The summed E-state index contributed by atoms with van der Waals surface area (Å²) in [5.74, 6) is 0.757. The normalized spacial score (nSPS) is 10.7. The van der Waals surface area contributed by atoms with Crippen LogP contribution in [0.1, 0.15) is 18.9 Å². The maximum Gasteiger partial charge on any atom is 0.139 e. The second kappa shape index (κ2) is 6.63. The van der Waals surface area contributed by atoms with Crippen molar-refractivity contribution in [3.8, 4) is 0 Å². The van der Waals surface area contributed by atoms with Gasteiger partial charge in [0.1, 0.15) is 10.8 Å². The predicted octanol–water partition coefficient (Wildman–Crippen LogP) is 2.08. The Labute approximate surface area is 124 Å². The van der Waals surface area contributed by atoms with E-state index in [1.807, 2.05) is 35.2 Å². The molecule has 0 bridgehead atoms. The van der Waals surface area contributed by atoms with Crippen LogP contribution in [-0.2, 0) is 0 Å². The number of rotatable bonds is 6. The van der Waals surface area contributed by atoms with Crippen molar-refractivity contribution in [1.82, 2.24) is 4.98 Å².